The van der Waals surface area contributed by atoms with Crippen molar-refractivity contribution in [3.63, 3.8) is 0 Å². The van der Waals surface area contributed by atoms with Crippen LogP contribution in [0.25, 0.3) is 33.2 Å². The first kappa shape index (κ1) is 13.4. The van der Waals surface area contributed by atoms with Crippen molar-refractivity contribution >= 4 is 28.0 Å². The summed E-state index contributed by atoms with van der Waals surface area (Å²) < 4.78 is 5.20. The van der Waals surface area contributed by atoms with Gasteiger partial charge in [-0.15, -0.1) is 0 Å². The number of hydrogen-bond acceptors (Lipinski definition) is 5. The van der Waals surface area contributed by atoms with E-state index in [1.165, 1.54) is 6.07 Å². The van der Waals surface area contributed by atoms with Crippen molar-refractivity contribution < 1.29 is 14.4 Å². The van der Waals surface area contributed by atoms with Crippen molar-refractivity contribution in [2.24, 2.45) is 0 Å². The summed E-state index contributed by atoms with van der Waals surface area (Å²) in [5.74, 6) is -0.332. The molecule has 0 radical (unpaired) electrons. The van der Waals surface area contributed by atoms with Crippen LogP contribution in [0.3, 0.4) is 0 Å². The molecule has 0 fully saturated rings. The van der Waals surface area contributed by atoms with E-state index in [2.05, 4.69) is 20.1 Å². The molecule has 0 saturated heterocycles. The van der Waals surface area contributed by atoms with Gasteiger partial charge in [0, 0.05) is 22.7 Å². The normalized spacial score (nSPS) is 11.4. The molecule has 0 aliphatic carbocycles. The molecule has 23 heavy (non-hydrogen) atoms. The maximum Gasteiger partial charge on any atom is 0.354 e. The Labute approximate surface area is 130 Å². The first-order chi connectivity index (χ1) is 11.0. The fourth-order valence-electron chi connectivity index (χ4n) is 2.80. The van der Waals surface area contributed by atoms with Crippen LogP contribution in [0.1, 0.15) is 21.9 Å². The van der Waals surface area contributed by atoms with Gasteiger partial charge in [-0.05, 0) is 32.0 Å². The Hall–Kier alpha value is -3.22. The van der Waals surface area contributed by atoms with Gasteiger partial charge >= 0.3 is 5.97 Å². The van der Waals surface area contributed by atoms with Gasteiger partial charge in [0.15, 0.2) is 5.69 Å². The van der Waals surface area contributed by atoms with Crippen LogP contribution in [0, 0.1) is 13.8 Å². The highest BCUT2D eigenvalue weighted by Crippen LogP contribution is 2.30. The van der Waals surface area contributed by atoms with Gasteiger partial charge in [-0.25, -0.2) is 9.78 Å². The third kappa shape index (κ3) is 1.97. The molecule has 0 saturated carbocycles. The van der Waals surface area contributed by atoms with Gasteiger partial charge in [0.05, 0.1) is 16.7 Å². The van der Waals surface area contributed by atoms with E-state index in [0.717, 1.165) is 39.0 Å². The van der Waals surface area contributed by atoms with Gasteiger partial charge in [-0.2, -0.15) is 0 Å². The zero-order valence-electron chi connectivity index (χ0n) is 12.4. The Morgan fingerprint density at radius 1 is 1.30 bits per heavy atom. The monoisotopic (exact) mass is 308 g/mol. The lowest BCUT2D eigenvalue weighted by molar-refractivity contribution is 0.0691. The van der Waals surface area contributed by atoms with Gasteiger partial charge in [0.2, 0.25) is 0 Å². The minimum atomic E-state index is -1.06. The highest BCUT2D eigenvalue weighted by atomic mass is 16.5. The lowest BCUT2D eigenvalue weighted by Crippen LogP contribution is -1.99. The average Bonchev–Trinajstić information content (AvgIpc) is 3.05. The first-order valence-electron chi connectivity index (χ1n) is 6.99. The number of H-pyrrole nitrogens is 1. The van der Waals surface area contributed by atoms with Gasteiger partial charge in [-0.1, -0.05) is 5.16 Å². The Balaban J connectivity index is 1.96. The predicted molar refractivity (Wildman–Crippen MR) is 83.3 cm³/mol. The van der Waals surface area contributed by atoms with Crippen molar-refractivity contribution in [3.05, 3.63) is 41.5 Å². The largest absolute Gasteiger partial charge is 0.477 e. The fraction of sp³-hybridized carbons (Fsp3) is 0.125. The smallest absolute Gasteiger partial charge is 0.354 e. The topological polar surface area (TPSA) is 105 Å². The fourth-order valence-corrected chi connectivity index (χ4v) is 2.80. The van der Waals surface area contributed by atoms with E-state index in [1.807, 2.05) is 19.9 Å². The molecule has 7 nitrogen and oxygen atoms in total. The molecule has 0 aliphatic heterocycles. The highest BCUT2D eigenvalue weighted by Gasteiger charge is 2.15. The Morgan fingerprint density at radius 3 is 2.83 bits per heavy atom. The number of rotatable bonds is 2. The number of carboxylic acids is 1. The van der Waals surface area contributed by atoms with Gasteiger partial charge < -0.3 is 14.6 Å². The summed E-state index contributed by atoms with van der Waals surface area (Å²) in [5.41, 5.74) is 4.63. The van der Waals surface area contributed by atoms with E-state index in [9.17, 15) is 4.79 Å². The molecule has 0 spiro atoms. The molecule has 0 atom stereocenters. The number of nitrogens with one attached hydrogen (secondary N) is 1. The second kappa shape index (κ2) is 4.64. The summed E-state index contributed by atoms with van der Waals surface area (Å²) in [4.78, 5) is 22.8. The van der Waals surface area contributed by atoms with E-state index >= 15 is 0 Å². The summed E-state index contributed by atoms with van der Waals surface area (Å²) in [5, 5.41) is 13.8. The summed E-state index contributed by atoms with van der Waals surface area (Å²) in [6, 6.07) is 5.13. The van der Waals surface area contributed by atoms with Crippen LogP contribution < -0.4 is 0 Å². The number of carboxylic acid groups (broad SMARTS) is 1. The number of aromatic amines is 1. The Morgan fingerprint density at radius 2 is 2.13 bits per heavy atom. The maximum absolute atomic E-state index is 11.0. The van der Waals surface area contributed by atoms with Crippen molar-refractivity contribution in [1.29, 1.82) is 0 Å². The second-order valence-electron chi connectivity index (χ2n) is 5.34. The van der Waals surface area contributed by atoms with E-state index < -0.39 is 5.97 Å². The number of hydrogen-bond donors (Lipinski definition) is 2. The van der Waals surface area contributed by atoms with E-state index in [1.54, 1.807) is 12.3 Å². The Bertz CT molecular complexity index is 1060. The lowest BCUT2D eigenvalue weighted by atomic mass is 10.1. The van der Waals surface area contributed by atoms with E-state index in [4.69, 9.17) is 9.63 Å². The van der Waals surface area contributed by atoms with Crippen LogP contribution in [-0.2, 0) is 0 Å². The molecule has 4 rings (SSSR count). The quantitative estimate of drug-likeness (QED) is 0.589. The van der Waals surface area contributed by atoms with Crippen LogP contribution in [0.4, 0.5) is 0 Å². The zero-order valence-corrected chi connectivity index (χ0v) is 12.4. The molecule has 2 N–H and O–H groups in total. The predicted octanol–water partition coefficient (Wildman–Crippen LogP) is 3.08. The van der Waals surface area contributed by atoms with Crippen molar-refractivity contribution in [2.45, 2.75) is 13.8 Å². The van der Waals surface area contributed by atoms with Gasteiger partial charge in [0.25, 0.3) is 0 Å². The standard InChI is InChI=1S/C16H12N4O3/c1-7-13(8(2)23-20-7)9-5-12-14(17-6-9)10-3-4-11(16(21)22)18-15(10)19-12/h3-6H,1-2H3,(H,18,19)(H,21,22). The molecular weight excluding hydrogens is 296 g/mol. The van der Waals surface area contributed by atoms with Crippen LogP contribution in [0.15, 0.2) is 28.9 Å². The molecule has 114 valence electrons. The Kier molecular flexibility index (Phi) is 2.71. The molecule has 0 aliphatic rings. The SMILES string of the molecule is Cc1noc(C)c1-c1cnc2c(c1)[nH]c1nc(C(=O)O)ccc12. The highest BCUT2D eigenvalue weighted by molar-refractivity contribution is 6.05. The summed E-state index contributed by atoms with van der Waals surface area (Å²) in [6.07, 6.45) is 1.76. The van der Waals surface area contributed by atoms with Crippen LogP contribution in [0.5, 0.6) is 0 Å². The van der Waals surface area contributed by atoms with Crippen LogP contribution in [-0.4, -0.2) is 31.2 Å². The number of aromatic nitrogens is 4. The second-order valence-corrected chi connectivity index (χ2v) is 5.34. The van der Waals surface area contributed by atoms with E-state index in [0.29, 0.717) is 5.65 Å². The van der Waals surface area contributed by atoms with Gasteiger partial charge in [-0.3, -0.25) is 4.98 Å². The molecule has 4 heterocycles. The first-order valence-corrected chi connectivity index (χ1v) is 6.99. The molecule has 0 unspecified atom stereocenters. The lowest BCUT2D eigenvalue weighted by Gasteiger charge is -2.00. The van der Waals surface area contributed by atoms with Crippen LogP contribution >= 0.6 is 0 Å². The van der Waals surface area contributed by atoms with Crippen molar-refractivity contribution in [2.75, 3.05) is 0 Å². The van der Waals surface area contributed by atoms with Gasteiger partial charge in [0.1, 0.15) is 11.4 Å². The minimum absolute atomic E-state index is 0.00463. The third-order valence-electron chi connectivity index (χ3n) is 3.83. The third-order valence-corrected chi connectivity index (χ3v) is 3.83. The molecular formula is C16H12N4O3. The van der Waals surface area contributed by atoms with Crippen molar-refractivity contribution in [1.82, 2.24) is 20.1 Å². The summed E-state index contributed by atoms with van der Waals surface area (Å²) in [6.45, 7) is 3.73. The summed E-state index contributed by atoms with van der Waals surface area (Å²) >= 11 is 0. The number of fused-ring (bicyclic) bond motifs is 3. The van der Waals surface area contributed by atoms with E-state index in [-0.39, 0.29) is 5.69 Å². The molecule has 0 aromatic carbocycles. The number of aromatic carboxylic acids is 1. The van der Waals surface area contributed by atoms with Crippen molar-refractivity contribution in [3.8, 4) is 11.1 Å². The number of carbonyl (C=O) groups is 1. The minimum Gasteiger partial charge on any atom is -0.477 e. The average molecular weight is 308 g/mol. The molecule has 4 aromatic rings. The molecule has 4 aromatic heterocycles. The molecule has 0 bridgehead atoms. The number of nitrogens with zero attached hydrogens (tertiary/aromatic N) is 3. The number of aryl methyl sites for hydroxylation is 2. The van der Waals surface area contributed by atoms with Crippen LogP contribution in [0.2, 0.25) is 0 Å². The molecule has 7 heteroatoms. The zero-order chi connectivity index (χ0) is 16.1. The molecule has 0 amide bonds. The maximum atomic E-state index is 11.0. The summed E-state index contributed by atoms with van der Waals surface area (Å²) in [7, 11) is 0. The number of pyridine rings is 2.